The minimum Gasteiger partial charge on any atom is -0.497 e. The van der Waals surface area contributed by atoms with Gasteiger partial charge in [0, 0.05) is 16.8 Å². The van der Waals surface area contributed by atoms with Crippen LogP contribution in [0.3, 0.4) is 0 Å². The third-order valence-electron chi connectivity index (χ3n) is 3.13. The van der Waals surface area contributed by atoms with Crippen LogP contribution in [0.2, 0.25) is 0 Å². The normalized spacial score (nSPS) is 17.7. The Bertz CT molecular complexity index is 536. The molecule has 0 aromatic heterocycles. The molecule has 1 N–H and O–H groups in total. The molecule has 2 aromatic carbocycles. The molecular formula is C15H15NO2. The molecule has 0 radical (unpaired) electrons. The van der Waals surface area contributed by atoms with Crippen LogP contribution in [-0.4, -0.2) is 7.11 Å². The van der Waals surface area contributed by atoms with E-state index in [4.69, 9.17) is 9.47 Å². The number of fused-ring (bicyclic) bond motifs is 1. The average molecular weight is 241 g/mol. The Morgan fingerprint density at radius 2 is 1.89 bits per heavy atom. The average Bonchev–Trinajstić information content (AvgIpc) is 2.47. The predicted molar refractivity (Wildman–Crippen MR) is 70.6 cm³/mol. The van der Waals surface area contributed by atoms with Gasteiger partial charge in [-0.3, -0.25) is 0 Å². The monoisotopic (exact) mass is 241 g/mol. The van der Waals surface area contributed by atoms with Crippen molar-refractivity contribution in [3.63, 3.8) is 0 Å². The van der Waals surface area contributed by atoms with Gasteiger partial charge in [0.2, 0.25) is 0 Å². The molecule has 0 aliphatic carbocycles. The summed E-state index contributed by atoms with van der Waals surface area (Å²) in [5.41, 5.74) is 3.44. The number of benzene rings is 2. The Balaban J connectivity index is 1.82. The molecule has 1 atom stereocenters. The van der Waals surface area contributed by atoms with Crippen molar-refractivity contribution in [1.29, 1.82) is 0 Å². The van der Waals surface area contributed by atoms with Crippen molar-refractivity contribution in [1.82, 2.24) is 0 Å². The number of methoxy groups -OCH3 is 1. The van der Waals surface area contributed by atoms with Gasteiger partial charge in [-0.2, -0.15) is 0 Å². The van der Waals surface area contributed by atoms with E-state index in [1.165, 1.54) is 5.56 Å². The van der Waals surface area contributed by atoms with Crippen LogP contribution in [0.1, 0.15) is 17.4 Å². The molecule has 3 heteroatoms. The summed E-state index contributed by atoms with van der Waals surface area (Å²) in [7, 11) is 1.67. The Labute approximate surface area is 106 Å². The predicted octanol–water partition coefficient (Wildman–Crippen LogP) is 3.34. The van der Waals surface area contributed by atoms with Gasteiger partial charge in [0.05, 0.1) is 13.7 Å². The van der Waals surface area contributed by atoms with Gasteiger partial charge in [0.15, 0.2) is 6.23 Å². The highest BCUT2D eigenvalue weighted by Gasteiger charge is 2.18. The SMILES string of the molecule is COc1ccc(C2Nc3ccccc3CO2)cc1. The van der Waals surface area contributed by atoms with Crippen molar-refractivity contribution >= 4 is 5.69 Å². The van der Waals surface area contributed by atoms with Crippen LogP contribution in [0.4, 0.5) is 5.69 Å². The van der Waals surface area contributed by atoms with Crippen LogP contribution in [0, 0.1) is 0 Å². The second-order valence-electron chi connectivity index (χ2n) is 4.27. The number of nitrogens with one attached hydrogen (secondary N) is 1. The Morgan fingerprint density at radius 3 is 2.67 bits per heavy atom. The van der Waals surface area contributed by atoms with Gasteiger partial charge in [0.1, 0.15) is 5.75 Å². The lowest BCUT2D eigenvalue weighted by Gasteiger charge is -2.27. The zero-order valence-corrected chi connectivity index (χ0v) is 10.2. The van der Waals surface area contributed by atoms with E-state index in [1.54, 1.807) is 7.11 Å². The van der Waals surface area contributed by atoms with Gasteiger partial charge in [0.25, 0.3) is 0 Å². The van der Waals surface area contributed by atoms with Crippen molar-refractivity contribution in [3.8, 4) is 5.75 Å². The second-order valence-corrected chi connectivity index (χ2v) is 4.27. The highest BCUT2D eigenvalue weighted by molar-refractivity contribution is 5.53. The summed E-state index contributed by atoms with van der Waals surface area (Å²) in [5.74, 6) is 0.856. The van der Waals surface area contributed by atoms with E-state index in [0.29, 0.717) is 6.61 Å². The summed E-state index contributed by atoms with van der Waals surface area (Å²) < 4.78 is 11.0. The van der Waals surface area contributed by atoms with Crippen molar-refractivity contribution in [3.05, 3.63) is 59.7 Å². The summed E-state index contributed by atoms with van der Waals surface area (Å²) >= 11 is 0. The van der Waals surface area contributed by atoms with Gasteiger partial charge in [-0.05, 0) is 18.2 Å². The van der Waals surface area contributed by atoms with Crippen LogP contribution in [0.5, 0.6) is 5.75 Å². The standard InChI is InChI=1S/C15H15NO2/c1-17-13-8-6-11(7-9-13)15-16-14-5-3-2-4-12(14)10-18-15/h2-9,15-16H,10H2,1H3. The van der Waals surface area contributed by atoms with Crippen molar-refractivity contribution in [2.75, 3.05) is 12.4 Å². The molecule has 18 heavy (non-hydrogen) atoms. The van der Waals surface area contributed by atoms with Gasteiger partial charge in [-0.15, -0.1) is 0 Å². The first-order valence-electron chi connectivity index (χ1n) is 5.97. The lowest BCUT2D eigenvalue weighted by atomic mass is 10.1. The maximum Gasteiger partial charge on any atom is 0.154 e. The summed E-state index contributed by atoms with van der Waals surface area (Å²) in [5, 5.41) is 3.39. The molecule has 0 spiro atoms. The maximum absolute atomic E-state index is 5.81. The Morgan fingerprint density at radius 1 is 1.11 bits per heavy atom. The van der Waals surface area contributed by atoms with Gasteiger partial charge >= 0.3 is 0 Å². The Hall–Kier alpha value is -2.00. The first-order valence-corrected chi connectivity index (χ1v) is 5.97. The largest absolute Gasteiger partial charge is 0.497 e. The molecule has 2 aromatic rings. The lowest BCUT2D eigenvalue weighted by molar-refractivity contribution is 0.0507. The van der Waals surface area contributed by atoms with Crippen LogP contribution < -0.4 is 10.1 Å². The molecule has 1 unspecified atom stereocenters. The molecule has 3 rings (SSSR count). The van der Waals surface area contributed by atoms with E-state index in [-0.39, 0.29) is 6.23 Å². The van der Waals surface area contributed by atoms with E-state index in [0.717, 1.165) is 17.0 Å². The highest BCUT2D eigenvalue weighted by Crippen LogP contribution is 2.30. The smallest absolute Gasteiger partial charge is 0.154 e. The number of hydrogen-bond donors (Lipinski definition) is 1. The quantitative estimate of drug-likeness (QED) is 0.874. The first kappa shape index (κ1) is 11.1. The summed E-state index contributed by atoms with van der Waals surface area (Å²) in [6.07, 6.45) is -0.0918. The third kappa shape index (κ3) is 2.05. The molecule has 3 nitrogen and oxygen atoms in total. The van der Waals surface area contributed by atoms with Crippen molar-refractivity contribution in [2.24, 2.45) is 0 Å². The number of rotatable bonds is 2. The summed E-state index contributed by atoms with van der Waals surface area (Å²) in [6, 6.07) is 16.1. The molecule has 1 aliphatic rings. The zero-order valence-electron chi connectivity index (χ0n) is 10.2. The second kappa shape index (κ2) is 4.70. The first-order chi connectivity index (χ1) is 8.86. The van der Waals surface area contributed by atoms with E-state index in [2.05, 4.69) is 17.4 Å². The fraction of sp³-hybridized carbons (Fsp3) is 0.200. The number of anilines is 1. The molecule has 0 amide bonds. The molecule has 0 bridgehead atoms. The van der Waals surface area contributed by atoms with Crippen LogP contribution in [0.25, 0.3) is 0 Å². The highest BCUT2D eigenvalue weighted by atomic mass is 16.5. The minimum atomic E-state index is -0.0918. The minimum absolute atomic E-state index is 0.0918. The van der Waals surface area contributed by atoms with Crippen molar-refractivity contribution < 1.29 is 9.47 Å². The van der Waals surface area contributed by atoms with Gasteiger partial charge in [-0.1, -0.05) is 30.3 Å². The summed E-state index contributed by atoms with van der Waals surface area (Å²) in [4.78, 5) is 0. The van der Waals surface area contributed by atoms with E-state index in [9.17, 15) is 0 Å². The fourth-order valence-electron chi connectivity index (χ4n) is 2.10. The van der Waals surface area contributed by atoms with Crippen molar-refractivity contribution in [2.45, 2.75) is 12.8 Å². The molecule has 0 saturated carbocycles. The zero-order chi connectivity index (χ0) is 12.4. The molecule has 0 saturated heterocycles. The van der Waals surface area contributed by atoms with Gasteiger partial charge < -0.3 is 14.8 Å². The van der Waals surface area contributed by atoms with E-state index >= 15 is 0 Å². The van der Waals surface area contributed by atoms with E-state index < -0.39 is 0 Å². The fourth-order valence-corrected chi connectivity index (χ4v) is 2.10. The molecule has 1 aliphatic heterocycles. The third-order valence-corrected chi connectivity index (χ3v) is 3.13. The van der Waals surface area contributed by atoms with E-state index in [1.807, 2.05) is 36.4 Å². The number of ether oxygens (including phenoxy) is 2. The van der Waals surface area contributed by atoms with Crippen LogP contribution in [-0.2, 0) is 11.3 Å². The lowest BCUT2D eigenvalue weighted by Crippen LogP contribution is -2.20. The van der Waals surface area contributed by atoms with Gasteiger partial charge in [-0.25, -0.2) is 0 Å². The molecule has 1 heterocycles. The van der Waals surface area contributed by atoms with Crippen LogP contribution >= 0.6 is 0 Å². The molecule has 0 fully saturated rings. The van der Waals surface area contributed by atoms with Crippen LogP contribution in [0.15, 0.2) is 48.5 Å². The summed E-state index contributed by atoms with van der Waals surface area (Å²) in [6.45, 7) is 0.639. The number of hydrogen-bond acceptors (Lipinski definition) is 3. The Kier molecular flexibility index (Phi) is 2.90. The maximum atomic E-state index is 5.81. The topological polar surface area (TPSA) is 30.5 Å². The molecule has 92 valence electrons. The molecular weight excluding hydrogens is 226 g/mol. The number of para-hydroxylation sites is 1.